The SMILES string of the molecule is Cn1c(=O)n([C@H]2CCCN(C(=O)c3ccccc3F)C2)c2ncccc21. The highest BCUT2D eigenvalue weighted by Gasteiger charge is 2.29. The van der Waals surface area contributed by atoms with Crippen molar-refractivity contribution < 1.29 is 9.18 Å². The zero-order valence-electron chi connectivity index (χ0n) is 14.4. The van der Waals surface area contributed by atoms with Crippen LogP contribution in [-0.2, 0) is 7.05 Å². The Balaban J connectivity index is 1.68. The minimum absolute atomic E-state index is 0.0662. The van der Waals surface area contributed by atoms with E-state index in [9.17, 15) is 14.0 Å². The van der Waals surface area contributed by atoms with Gasteiger partial charge in [0.2, 0.25) is 0 Å². The van der Waals surface area contributed by atoms with Crippen molar-refractivity contribution in [1.82, 2.24) is 19.0 Å². The number of rotatable bonds is 2. The third kappa shape index (κ3) is 2.60. The fraction of sp³-hybridized carbons (Fsp3) is 0.316. The van der Waals surface area contributed by atoms with E-state index in [0.717, 1.165) is 18.4 Å². The zero-order valence-corrected chi connectivity index (χ0v) is 14.4. The Morgan fingerprint density at radius 1 is 1.23 bits per heavy atom. The molecule has 134 valence electrons. The molecule has 26 heavy (non-hydrogen) atoms. The molecule has 0 radical (unpaired) electrons. The number of benzene rings is 1. The highest BCUT2D eigenvalue weighted by Crippen LogP contribution is 2.25. The normalized spacial score (nSPS) is 17.6. The standard InChI is InChI=1S/C19H19FN4O2/c1-22-16-9-4-10-21-17(16)24(19(22)26)13-6-5-11-23(12-13)18(25)14-7-2-3-8-15(14)20/h2-4,7-10,13H,5-6,11-12H2,1H3/t13-/m0/s1. The van der Waals surface area contributed by atoms with E-state index in [4.69, 9.17) is 0 Å². The van der Waals surface area contributed by atoms with Gasteiger partial charge in [-0.2, -0.15) is 0 Å². The first-order valence-electron chi connectivity index (χ1n) is 8.63. The highest BCUT2D eigenvalue weighted by atomic mass is 19.1. The second-order valence-corrected chi connectivity index (χ2v) is 6.58. The van der Waals surface area contributed by atoms with Crippen molar-refractivity contribution in [3.05, 3.63) is 64.5 Å². The average Bonchev–Trinajstić information content (AvgIpc) is 2.93. The van der Waals surface area contributed by atoms with Gasteiger partial charge in [-0.1, -0.05) is 12.1 Å². The molecule has 7 heteroatoms. The molecule has 0 spiro atoms. The average molecular weight is 354 g/mol. The van der Waals surface area contributed by atoms with Gasteiger partial charge in [0, 0.05) is 26.3 Å². The van der Waals surface area contributed by atoms with E-state index in [1.807, 2.05) is 6.07 Å². The molecule has 0 unspecified atom stereocenters. The molecule has 0 saturated carbocycles. The number of nitrogens with zero attached hydrogens (tertiary/aromatic N) is 4. The Labute approximate surface area is 149 Å². The molecule has 1 aliphatic rings. The molecule has 1 atom stereocenters. The van der Waals surface area contributed by atoms with Crippen molar-refractivity contribution in [2.24, 2.45) is 7.05 Å². The van der Waals surface area contributed by atoms with Crippen LogP contribution in [-0.4, -0.2) is 38.0 Å². The molecule has 2 aromatic heterocycles. The molecule has 1 aliphatic heterocycles. The summed E-state index contributed by atoms with van der Waals surface area (Å²) in [5.74, 6) is -0.863. The van der Waals surface area contributed by atoms with Crippen molar-refractivity contribution in [3.63, 3.8) is 0 Å². The van der Waals surface area contributed by atoms with Crippen LogP contribution >= 0.6 is 0 Å². The Hall–Kier alpha value is -2.96. The lowest BCUT2D eigenvalue weighted by Crippen LogP contribution is -2.43. The number of aromatic nitrogens is 3. The third-order valence-electron chi connectivity index (χ3n) is 5.00. The quantitative estimate of drug-likeness (QED) is 0.710. The molecular weight excluding hydrogens is 335 g/mol. The molecule has 1 amide bonds. The van der Waals surface area contributed by atoms with E-state index in [0.29, 0.717) is 18.7 Å². The number of carbonyl (C=O) groups is 1. The second kappa shape index (κ2) is 6.40. The molecule has 1 aromatic carbocycles. The number of carbonyl (C=O) groups excluding carboxylic acids is 1. The summed E-state index contributed by atoms with van der Waals surface area (Å²) in [6.45, 7) is 0.916. The Morgan fingerprint density at radius 2 is 2.04 bits per heavy atom. The molecule has 1 fully saturated rings. The number of fused-ring (bicyclic) bond motifs is 1. The molecule has 0 bridgehead atoms. The lowest BCUT2D eigenvalue weighted by atomic mass is 10.0. The van der Waals surface area contributed by atoms with Crippen LogP contribution in [0.25, 0.3) is 11.2 Å². The van der Waals surface area contributed by atoms with Crippen LogP contribution in [0.4, 0.5) is 4.39 Å². The highest BCUT2D eigenvalue weighted by molar-refractivity contribution is 5.94. The number of imidazole rings is 1. The smallest absolute Gasteiger partial charge is 0.330 e. The van der Waals surface area contributed by atoms with Crippen LogP contribution in [0.3, 0.4) is 0 Å². The molecule has 0 N–H and O–H groups in total. The summed E-state index contributed by atoms with van der Waals surface area (Å²) >= 11 is 0. The van der Waals surface area contributed by atoms with E-state index < -0.39 is 5.82 Å². The maximum absolute atomic E-state index is 14.0. The van der Waals surface area contributed by atoms with Crippen molar-refractivity contribution in [3.8, 4) is 0 Å². The van der Waals surface area contributed by atoms with Gasteiger partial charge < -0.3 is 4.90 Å². The first-order valence-corrected chi connectivity index (χ1v) is 8.63. The zero-order chi connectivity index (χ0) is 18.3. The number of amides is 1. The van der Waals surface area contributed by atoms with Crippen molar-refractivity contribution in [1.29, 1.82) is 0 Å². The summed E-state index contributed by atoms with van der Waals surface area (Å²) in [7, 11) is 1.72. The van der Waals surface area contributed by atoms with Crippen LogP contribution in [0.5, 0.6) is 0 Å². The summed E-state index contributed by atoms with van der Waals surface area (Å²) in [6.07, 6.45) is 3.18. The topological polar surface area (TPSA) is 60.1 Å². The van der Waals surface area contributed by atoms with Crippen molar-refractivity contribution in [2.75, 3.05) is 13.1 Å². The molecular formula is C19H19FN4O2. The van der Waals surface area contributed by atoms with Crippen LogP contribution < -0.4 is 5.69 Å². The summed E-state index contributed by atoms with van der Waals surface area (Å²) in [4.78, 5) is 31.4. The fourth-order valence-electron chi connectivity index (χ4n) is 3.68. The lowest BCUT2D eigenvalue weighted by molar-refractivity contribution is 0.0674. The molecule has 1 saturated heterocycles. The maximum atomic E-state index is 14.0. The first kappa shape index (κ1) is 16.5. The number of hydrogen-bond donors (Lipinski definition) is 0. The Morgan fingerprint density at radius 3 is 2.85 bits per heavy atom. The van der Waals surface area contributed by atoms with Gasteiger partial charge in [0.25, 0.3) is 5.91 Å². The number of likely N-dealkylation sites (tertiary alicyclic amines) is 1. The minimum atomic E-state index is -0.524. The van der Waals surface area contributed by atoms with Gasteiger partial charge in [0.05, 0.1) is 17.1 Å². The Kier molecular flexibility index (Phi) is 4.06. The van der Waals surface area contributed by atoms with Crippen molar-refractivity contribution in [2.45, 2.75) is 18.9 Å². The maximum Gasteiger partial charge on any atom is 0.330 e. The van der Waals surface area contributed by atoms with Crippen LogP contribution in [0, 0.1) is 5.82 Å². The van der Waals surface area contributed by atoms with E-state index >= 15 is 0 Å². The van der Waals surface area contributed by atoms with Gasteiger partial charge in [-0.3, -0.25) is 13.9 Å². The number of halogens is 1. The molecule has 4 rings (SSSR count). The van der Waals surface area contributed by atoms with Crippen LogP contribution in [0.1, 0.15) is 29.2 Å². The largest absolute Gasteiger partial charge is 0.336 e. The molecule has 0 aliphatic carbocycles. The summed E-state index contributed by atoms with van der Waals surface area (Å²) in [5.41, 5.74) is 1.29. The van der Waals surface area contributed by atoms with E-state index in [2.05, 4.69) is 4.98 Å². The van der Waals surface area contributed by atoms with Gasteiger partial charge in [0.1, 0.15) is 5.82 Å². The molecule has 3 heterocycles. The van der Waals surface area contributed by atoms with Crippen LogP contribution in [0.15, 0.2) is 47.4 Å². The third-order valence-corrected chi connectivity index (χ3v) is 5.00. The molecule has 3 aromatic rings. The van der Waals surface area contributed by atoms with Gasteiger partial charge in [0.15, 0.2) is 5.65 Å². The van der Waals surface area contributed by atoms with E-state index in [1.54, 1.807) is 45.5 Å². The predicted octanol–water partition coefficient (Wildman–Crippen LogP) is 2.35. The summed E-state index contributed by atoms with van der Waals surface area (Å²) in [5, 5.41) is 0. The number of hydrogen-bond acceptors (Lipinski definition) is 3. The predicted molar refractivity (Wildman–Crippen MR) is 95.5 cm³/mol. The van der Waals surface area contributed by atoms with Crippen LogP contribution in [0.2, 0.25) is 0 Å². The van der Waals surface area contributed by atoms with Crippen molar-refractivity contribution >= 4 is 17.1 Å². The Bertz CT molecular complexity index is 1040. The first-order chi connectivity index (χ1) is 12.6. The van der Waals surface area contributed by atoms with Gasteiger partial charge in [-0.05, 0) is 37.1 Å². The van der Waals surface area contributed by atoms with E-state index in [-0.39, 0.29) is 23.2 Å². The van der Waals surface area contributed by atoms with Gasteiger partial charge >= 0.3 is 5.69 Å². The van der Waals surface area contributed by atoms with E-state index in [1.165, 1.54) is 12.1 Å². The summed E-state index contributed by atoms with van der Waals surface area (Å²) in [6, 6.07) is 9.46. The van der Waals surface area contributed by atoms with Gasteiger partial charge in [-0.25, -0.2) is 14.2 Å². The van der Waals surface area contributed by atoms with Gasteiger partial charge in [-0.15, -0.1) is 0 Å². The second-order valence-electron chi connectivity index (χ2n) is 6.58. The summed E-state index contributed by atoms with van der Waals surface area (Å²) < 4.78 is 17.2. The number of aryl methyl sites for hydroxylation is 1. The lowest BCUT2D eigenvalue weighted by Gasteiger charge is -2.33. The number of piperidine rings is 1. The fourth-order valence-corrected chi connectivity index (χ4v) is 3.68. The number of pyridine rings is 1. The minimum Gasteiger partial charge on any atom is -0.336 e. The molecule has 6 nitrogen and oxygen atoms in total. The monoisotopic (exact) mass is 354 g/mol.